The second-order valence-corrected chi connectivity index (χ2v) is 2.12. The Morgan fingerprint density at radius 1 is 1.55 bits per heavy atom. The summed E-state index contributed by atoms with van der Waals surface area (Å²) in [6.45, 7) is 0. The molecule has 0 atom stereocenters. The molecule has 5 nitrogen and oxygen atoms in total. The second-order valence-electron chi connectivity index (χ2n) is 2.12. The topological polar surface area (TPSA) is 96.0 Å². The highest BCUT2D eigenvalue weighted by atomic mass is 16.2. The van der Waals surface area contributed by atoms with E-state index in [2.05, 4.69) is 0 Å². The molecule has 0 aromatic rings. The van der Waals surface area contributed by atoms with E-state index in [1.54, 1.807) is 0 Å². The normalized spacial score (nSPS) is 22.2. The molecule has 0 radical (unpaired) electrons. The first-order valence-electron chi connectivity index (χ1n) is 2.99. The fraction of sp³-hybridized carbons (Fsp3) is 0.167. The van der Waals surface area contributed by atoms with Gasteiger partial charge in [-0.25, -0.2) is 0 Å². The summed E-state index contributed by atoms with van der Waals surface area (Å²) >= 11 is 0. The van der Waals surface area contributed by atoms with Crippen molar-refractivity contribution in [2.75, 3.05) is 0 Å². The summed E-state index contributed by atoms with van der Waals surface area (Å²) in [7, 11) is 0. The SMILES string of the molecule is N=C1C(=O)NC(=O)C/C1=C/N. The number of carbonyl (C=O) groups excluding carboxylic acids is 2. The molecule has 58 valence electrons. The quantitative estimate of drug-likeness (QED) is 0.385. The molecule has 0 saturated carbocycles. The molecule has 1 aliphatic rings. The molecular weight excluding hydrogens is 146 g/mol. The van der Waals surface area contributed by atoms with E-state index in [4.69, 9.17) is 11.1 Å². The van der Waals surface area contributed by atoms with Crippen LogP contribution < -0.4 is 11.1 Å². The lowest BCUT2D eigenvalue weighted by atomic mass is 10.0. The third-order valence-corrected chi connectivity index (χ3v) is 1.35. The molecule has 5 heteroatoms. The number of amides is 2. The highest BCUT2D eigenvalue weighted by Gasteiger charge is 2.24. The Hall–Kier alpha value is -1.65. The summed E-state index contributed by atoms with van der Waals surface area (Å²) in [4.78, 5) is 21.4. The van der Waals surface area contributed by atoms with Crippen LogP contribution in [-0.4, -0.2) is 17.5 Å². The number of carbonyl (C=O) groups is 2. The van der Waals surface area contributed by atoms with Gasteiger partial charge < -0.3 is 5.73 Å². The number of imide groups is 1. The first-order chi connectivity index (χ1) is 5.15. The van der Waals surface area contributed by atoms with Crippen molar-refractivity contribution in [3.63, 3.8) is 0 Å². The zero-order chi connectivity index (χ0) is 8.43. The monoisotopic (exact) mass is 153 g/mol. The van der Waals surface area contributed by atoms with Gasteiger partial charge in [-0.2, -0.15) is 0 Å². The van der Waals surface area contributed by atoms with Gasteiger partial charge in [0, 0.05) is 5.57 Å². The minimum atomic E-state index is -0.682. The fourth-order valence-corrected chi connectivity index (χ4v) is 0.783. The smallest absolute Gasteiger partial charge is 0.276 e. The molecule has 0 bridgehead atoms. The maximum absolute atomic E-state index is 10.7. The first-order valence-corrected chi connectivity index (χ1v) is 2.99. The molecular formula is C6H7N3O2. The van der Waals surface area contributed by atoms with Gasteiger partial charge in [-0.1, -0.05) is 0 Å². The third-order valence-electron chi connectivity index (χ3n) is 1.35. The van der Waals surface area contributed by atoms with Crippen LogP contribution in [0.1, 0.15) is 6.42 Å². The average molecular weight is 153 g/mol. The molecule has 0 aliphatic carbocycles. The highest BCUT2D eigenvalue weighted by Crippen LogP contribution is 2.06. The molecule has 4 N–H and O–H groups in total. The van der Waals surface area contributed by atoms with E-state index in [0.717, 1.165) is 6.20 Å². The highest BCUT2D eigenvalue weighted by molar-refractivity contribution is 6.48. The van der Waals surface area contributed by atoms with Gasteiger partial charge in [0.05, 0.1) is 6.42 Å². The molecule has 0 spiro atoms. The molecule has 0 unspecified atom stereocenters. The zero-order valence-electron chi connectivity index (χ0n) is 5.68. The molecule has 11 heavy (non-hydrogen) atoms. The van der Waals surface area contributed by atoms with Crippen LogP contribution in [0, 0.1) is 5.41 Å². The summed E-state index contributed by atoms with van der Waals surface area (Å²) in [6.07, 6.45) is 1.13. The van der Waals surface area contributed by atoms with Gasteiger partial charge >= 0.3 is 0 Å². The van der Waals surface area contributed by atoms with Crippen molar-refractivity contribution >= 4 is 17.5 Å². The molecule has 1 fully saturated rings. The van der Waals surface area contributed by atoms with Crippen LogP contribution in [0.2, 0.25) is 0 Å². The van der Waals surface area contributed by atoms with Gasteiger partial charge in [0.15, 0.2) is 0 Å². The van der Waals surface area contributed by atoms with Crippen LogP contribution in [0.25, 0.3) is 0 Å². The number of piperidine rings is 1. The maximum Gasteiger partial charge on any atom is 0.276 e. The number of hydrogen-bond acceptors (Lipinski definition) is 4. The van der Waals surface area contributed by atoms with Gasteiger partial charge in [-0.15, -0.1) is 0 Å². The Morgan fingerprint density at radius 3 is 2.73 bits per heavy atom. The van der Waals surface area contributed by atoms with Crippen molar-refractivity contribution in [3.05, 3.63) is 11.8 Å². The first kappa shape index (κ1) is 7.46. The van der Waals surface area contributed by atoms with E-state index >= 15 is 0 Å². The number of rotatable bonds is 0. The van der Waals surface area contributed by atoms with Crippen molar-refractivity contribution in [2.45, 2.75) is 6.42 Å². The van der Waals surface area contributed by atoms with Crippen molar-refractivity contribution in [3.8, 4) is 0 Å². The zero-order valence-corrected chi connectivity index (χ0v) is 5.68. The fourth-order valence-electron chi connectivity index (χ4n) is 0.783. The molecule has 1 aliphatic heterocycles. The standard InChI is InChI=1S/C6H7N3O2/c7-2-3-1-4(10)9-6(11)5(3)8/h2,8H,1,7H2,(H,9,10,11)/b3-2-,8-5?. The molecule has 2 amide bonds. The van der Waals surface area contributed by atoms with Crippen LogP contribution in [0.15, 0.2) is 11.8 Å². The lowest BCUT2D eigenvalue weighted by Crippen LogP contribution is -2.42. The van der Waals surface area contributed by atoms with Crippen LogP contribution >= 0.6 is 0 Å². The average Bonchev–Trinajstić information content (AvgIpc) is 1.96. The van der Waals surface area contributed by atoms with Gasteiger partial charge in [-0.05, 0) is 6.20 Å². The number of nitrogens with two attached hydrogens (primary N) is 1. The summed E-state index contributed by atoms with van der Waals surface area (Å²) in [5, 5.41) is 9.12. The predicted molar refractivity (Wildman–Crippen MR) is 37.8 cm³/mol. The van der Waals surface area contributed by atoms with E-state index in [9.17, 15) is 9.59 Å². The summed E-state index contributed by atoms with van der Waals surface area (Å²) in [5.41, 5.74) is 5.13. The Kier molecular flexibility index (Phi) is 1.72. The number of nitrogens with one attached hydrogen (secondary N) is 2. The van der Waals surface area contributed by atoms with E-state index < -0.39 is 11.8 Å². The van der Waals surface area contributed by atoms with Gasteiger partial charge in [0.1, 0.15) is 5.71 Å². The van der Waals surface area contributed by atoms with E-state index in [1.807, 2.05) is 5.32 Å². The summed E-state index contributed by atoms with van der Waals surface area (Å²) < 4.78 is 0. The Bertz CT molecular complexity index is 267. The summed E-state index contributed by atoms with van der Waals surface area (Å²) in [6, 6.07) is 0. The van der Waals surface area contributed by atoms with Crippen LogP contribution in [0.4, 0.5) is 0 Å². The van der Waals surface area contributed by atoms with E-state index in [1.165, 1.54) is 0 Å². The predicted octanol–water partition coefficient (Wildman–Crippen LogP) is -1.10. The van der Waals surface area contributed by atoms with Crippen molar-refractivity contribution in [1.29, 1.82) is 5.41 Å². The van der Waals surface area contributed by atoms with Crippen molar-refractivity contribution in [2.24, 2.45) is 5.73 Å². The largest absolute Gasteiger partial charge is 0.404 e. The molecule has 1 heterocycles. The molecule has 1 rings (SSSR count). The minimum Gasteiger partial charge on any atom is -0.404 e. The third kappa shape index (κ3) is 1.26. The lowest BCUT2D eigenvalue weighted by Gasteiger charge is -2.13. The molecule has 0 aromatic carbocycles. The molecule has 0 aromatic heterocycles. The van der Waals surface area contributed by atoms with Gasteiger partial charge in [0.25, 0.3) is 5.91 Å². The molecule has 1 saturated heterocycles. The number of hydrogen-bond donors (Lipinski definition) is 3. The Morgan fingerprint density at radius 2 is 2.18 bits per heavy atom. The maximum atomic E-state index is 10.7. The van der Waals surface area contributed by atoms with Crippen LogP contribution in [-0.2, 0) is 9.59 Å². The van der Waals surface area contributed by atoms with Gasteiger partial charge in [-0.3, -0.25) is 20.3 Å². The Balaban J connectivity index is 2.92. The van der Waals surface area contributed by atoms with Gasteiger partial charge in [0.2, 0.25) is 5.91 Å². The second kappa shape index (κ2) is 2.53. The van der Waals surface area contributed by atoms with Crippen LogP contribution in [0.5, 0.6) is 0 Å². The van der Waals surface area contributed by atoms with Crippen molar-refractivity contribution in [1.82, 2.24) is 5.32 Å². The van der Waals surface area contributed by atoms with E-state index in [0.29, 0.717) is 0 Å². The van der Waals surface area contributed by atoms with E-state index in [-0.39, 0.29) is 17.7 Å². The lowest BCUT2D eigenvalue weighted by molar-refractivity contribution is -0.127. The minimum absolute atomic E-state index is 0.0150. The summed E-state index contributed by atoms with van der Waals surface area (Å²) in [5.74, 6) is -1.10. The van der Waals surface area contributed by atoms with Crippen LogP contribution in [0.3, 0.4) is 0 Å². The Labute approximate surface area is 62.8 Å². The van der Waals surface area contributed by atoms with Crippen molar-refractivity contribution < 1.29 is 9.59 Å².